The number of hydrogen-bond donors (Lipinski definition) is 2. The molecule has 1 aromatic heterocycles. The number of halogens is 1. The molecule has 0 amide bonds. The SMILES string of the molecule is Cc1cc(C)c2cc(CN(C[C@H]3CCCO3)C(=S)Nc3ccc(F)cc3)c(=O)[nH]c2c1. The van der Waals surface area contributed by atoms with Gasteiger partial charge >= 0.3 is 0 Å². The number of pyridine rings is 1. The van der Waals surface area contributed by atoms with Gasteiger partial charge in [0.1, 0.15) is 5.82 Å². The molecule has 2 heterocycles. The quantitative estimate of drug-likeness (QED) is 0.566. The van der Waals surface area contributed by atoms with Crippen LogP contribution in [0.5, 0.6) is 0 Å². The van der Waals surface area contributed by atoms with Crippen molar-refractivity contribution < 1.29 is 9.13 Å². The molecule has 162 valence electrons. The second-order valence-electron chi connectivity index (χ2n) is 8.12. The zero-order valence-corrected chi connectivity index (χ0v) is 18.5. The zero-order valence-electron chi connectivity index (χ0n) is 17.7. The molecule has 0 unspecified atom stereocenters. The molecule has 0 saturated carbocycles. The van der Waals surface area contributed by atoms with Crippen molar-refractivity contribution in [1.82, 2.24) is 9.88 Å². The van der Waals surface area contributed by atoms with Gasteiger partial charge in [0, 0.05) is 35.3 Å². The molecule has 1 aliphatic heterocycles. The third-order valence-electron chi connectivity index (χ3n) is 5.58. The number of hydrogen-bond acceptors (Lipinski definition) is 3. The van der Waals surface area contributed by atoms with E-state index in [1.165, 1.54) is 12.1 Å². The fourth-order valence-corrected chi connectivity index (χ4v) is 4.29. The standard InChI is InChI=1S/C24H26FN3O2S/c1-15-10-16(2)21-12-17(23(29)27-22(21)11-15)13-28(14-20-4-3-9-30-20)24(31)26-19-7-5-18(25)6-8-19/h5-8,10-12,20H,3-4,9,13-14H2,1-2H3,(H,26,31)(H,27,29)/t20-/m1/s1. The van der Waals surface area contributed by atoms with Crippen molar-refractivity contribution in [2.24, 2.45) is 0 Å². The summed E-state index contributed by atoms with van der Waals surface area (Å²) in [7, 11) is 0. The normalized spacial score (nSPS) is 15.9. The molecule has 0 aliphatic carbocycles. The lowest BCUT2D eigenvalue weighted by Gasteiger charge is -2.28. The lowest BCUT2D eigenvalue weighted by molar-refractivity contribution is 0.0904. The molecule has 1 saturated heterocycles. The third kappa shape index (κ3) is 5.11. The van der Waals surface area contributed by atoms with Crippen molar-refractivity contribution in [1.29, 1.82) is 0 Å². The first-order valence-corrected chi connectivity index (χ1v) is 10.9. The fraction of sp³-hybridized carbons (Fsp3) is 0.333. The number of aromatic amines is 1. The van der Waals surface area contributed by atoms with Gasteiger partial charge in [-0.25, -0.2) is 4.39 Å². The molecule has 31 heavy (non-hydrogen) atoms. The average molecular weight is 440 g/mol. The number of nitrogens with zero attached hydrogens (tertiary/aromatic N) is 1. The molecular formula is C24H26FN3O2S. The number of rotatable bonds is 5. The molecule has 4 rings (SSSR count). The number of thiocarbonyl (C=S) groups is 1. The van der Waals surface area contributed by atoms with Gasteiger partial charge in [0.2, 0.25) is 0 Å². The van der Waals surface area contributed by atoms with Crippen LogP contribution in [0.3, 0.4) is 0 Å². The van der Waals surface area contributed by atoms with Crippen LogP contribution in [-0.4, -0.2) is 34.3 Å². The van der Waals surface area contributed by atoms with E-state index in [1.807, 2.05) is 30.9 Å². The number of aromatic nitrogens is 1. The van der Waals surface area contributed by atoms with Crippen LogP contribution in [0.15, 0.2) is 47.3 Å². The Morgan fingerprint density at radius 3 is 2.74 bits per heavy atom. The summed E-state index contributed by atoms with van der Waals surface area (Å²) < 4.78 is 19.0. The Labute approximate surface area is 186 Å². The van der Waals surface area contributed by atoms with Gasteiger partial charge in [-0.3, -0.25) is 4.79 Å². The number of ether oxygens (including phenoxy) is 1. The summed E-state index contributed by atoms with van der Waals surface area (Å²) >= 11 is 5.66. The Hall–Kier alpha value is -2.77. The number of nitrogens with one attached hydrogen (secondary N) is 2. The summed E-state index contributed by atoms with van der Waals surface area (Å²) in [6.45, 7) is 5.73. The molecule has 1 fully saturated rings. The summed E-state index contributed by atoms with van der Waals surface area (Å²) in [6.07, 6.45) is 2.05. The molecule has 7 heteroatoms. The summed E-state index contributed by atoms with van der Waals surface area (Å²) in [5, 5.41) is 4.66. The van der Waals surface area contributed by atoms with Gasteiger partial charge < -0.3 is 19.9 Å². The Morgan fingerprint density at radius 2 is 2.03 bits per heavy atom. The maximum atomic E-state index is 13.2. The van der Waals surface area contributed by atoms with E-state index in [4.69, 9.17) is 17.0 Å². The second-order valence-corrected chi connectivity index (χ2v) is 8.51. The van der Waals surface area contributed by atoms with Crippen LogP contribution in [-0.2, 0) is 11.3 Å². The van der Waals surface area contributed by atoms with Gasteiger partial charge in [0.25, 0.3) is 5.56 Å². The average Bonchev–Trinajstić information content (AvgIpc) is 3.23. The van der Waals surface area contributed by atoms with Crippen LogP contribution in [0.25, 0.3) is 10.9 Å². The van der Waals surface area contributed by atoms with E-state index in [0.717, 1.165) is 41.5 Å². The predicted molar refractivity (Wildman–Crippen MR) is 126 cm³/mol. The van der Waals surface area contributed by atoms with Crippen LogP contribution in [0.2, 0.25) is 0 Å². The van der Waals surface area contributed by atoms with Crippen molar-refractivity contribution in [2.45, 2.75) is 39.3 Å². The Balaban J connectivity index is 1.62. The first-order valence-electron chi connectivity index (χ1n) is 10.5. The molecule has 1 atom stereocenters. The highest BCUT2D eigenvalue weighted by Crippen LogP contribution is 2.21. The van der Waals surface area contributed by atoms with Crippen molar-refractivity contribution in [3.63, 3.8) is 0 Å². The van der Waals surface area contributed by atoms with Gasteiger partial charge in [0.05, 0.1) is 12.6 Å². The highest BCUT2D eigenvalue weighted by atomic mass is 32.1. The highest BCUT2D eigenvalue weighted by Gasteiger charge is 2.22. The lowest BCUT2D eigenvalue weighted by atomic mass is 10.0. The first-order chi connectivity index (χ1) is 14.9. The minimum absolute atomic E-state index is 0.0666. The Bertz CT molecular complexity index is 1150. The van der Waals surface area contributed by atoms with Crippen LogP contribution in [0.1, 0.15) is 29.5 Å². The number of H-pyrrole nitrogens is 1. The fourth-order valence-electron chi connectivity index (χ4n) is 4.03. The molecule has 0 bridgehead atoms. The lowest BCUT2D eigenvalue weighted by Crippen LogP contribution is -2.40. The number of aryl methyl sites for hydroxylation is 2. The summed E-state index contributed by atoms with van der Waals surface area (Å²) in [5.74, 6) is -0.305. The number of anilines is 1. The van der Waals surface area contributed by atoms with E-state index in [2.05, 4.69) is 16.4 Å². The van der Waals surface area contributed by atoms with E-state index in [0.29, 0.717) is 29.5 Å². The molecule has 2 N–H and O–H groups in total. The molecule has 3 aromatic rings. The maximum Gasteiger partial charge on any atom is 0.253 e. The van der Waals surface area contributed by atoms with E-state index < -0.39 is 0 Å². The van der Waals surface area contributed by atoms with Crippen molar-refractivity contribution in [2.75, 3.05) is 18.5 Å². The molecule has 2 aromatic carbocycles. The molecule has 0 radical (unpaired) electrons. The predicted octanol–water partition coefficient (Wildman–Crippen LogP) is 4.66. The van der Waals surface area contributed by atoms with Gasteiger partial charge in [-0.05, 0) is 86.4 Å². The third-order valence-corrected chi connectivity index (χ3v) is 5.94. The Morgan fingerprint density at radius 1 is 1.26 bits per heavy atom. The molecule has 1 aliphatic rings. The topological polar surface area (TPSA) is 57.4 Å². The van der Waals surface area contributed by atoms with Crippen molar-refractivity contribution in [3.05, 3.63) is 75.3 Å². The zero-order chi connectivity index (χ0) is 22.0. The highest BCUT2D eigenvalue weighted by molar-refractivity contribution is 7.80. The van der Waals surface area contributed by atoms with E-state index in [-0.39, 0.29) is 17.5 Å². The first kappa shape index (κ1) is 21.5. The van der Waals surface area contributed by atoms with Crippen LogP contribution in [0, 0.1) is 19.7 Å². The maximum absolute atomic E-state index is 13.2. The molecule has 5 nitrogen and oxygen atoms in total. The number of benzene rings is 2. The van der Waals surface area contributed by atoms with Crippen LogP contribution in [0.4, 0.5) is 10.1 Å². The molecular weight excluding hydrogens is 413 g/mol. The van der Waals surface area contributed by atoms with Crippen molar-refractivity contribution >= 4 is 33.9 Å². The minimum atomic E-state index is -0.305. The van der Waals surface area contributed by atoms with Gasteiger partial charge in [0.15, 0.2) is 5.11 Å². The van der Waals surface area contributed by atoms with Gasteiger partial charge in [-0.2, -0.15) is 0 Å². The van der Waals surface area contributed by atoms with E-state index >= 15 is 0 Å². The monoisotopic (exact) mass is 439 g/mol. The summed E-state index contributed by atoms with van der Waals surface area (Å²) in [6, 6.07) is 12.1. The van der Waals surface area contributed by atoms with E-state index in [1.54, 1.807) is 12.1 Å². The smallest absolute Gasteiger partial charge is 0.253 e. The van der Waals surface area contributed by atoms with E-state index in [9.17, 15) is 9.18 Å². The van der Waals surface area contributed by atoms with Crippen LogP contribution < -0.4 is 10.9 Å². The molecule has 0 spiro atoms. The van der Waals surface area contributed by atoms with Gasteiger partial charge in [-0.15, -0.1) is 0 Å². The summed E-state index contributed by atoms with van der Waals surface area (Å²) in [4.78, 5) is 17.8. The summed E-state index contributed by atoms with van der Waals surface area (Å²) in [5.41, 5.74) is 4.27. The number of fused-ring (bicyclic) bond motifs is 1. The van der Waals surface area contributed by atoms with Crippen molar-refractivity contribution in [3.8, 4) is 0 Å². The van der Waals surface area contributed by atoms with Gasteiger partial charge in [-0.1, -0.05) is 6.07 Å². The minimum Gasteiger partial charge on any atom is -0.376 e. The Kier molecular flexibility index (Phi) is 6.34. The van der Waals surface area contributed by atoms with Crippen LogP contribution >= 0.6 is 12.2 Å². The largest absolute Gasteiger partial charge is 0.376 e. The second kappa shape index (κ2) is 9.16.